The number of alkyl halides is 3. The SMILES string of the molecule is CC(C)(O)C#CC(F)(F)F. The van der Waals surface area contributed by atoms with Crippen LogP contribution in [0, 0.1) is 11.8 Å². The minimum Gasteiger partial charge on any atom is -0.378 e. The van der Waals surface area contributed by atoms with Crippen molar-refractivity contribution in [3.05, 3.63) is 0 Å². The molecule has 0 saturated heterocycles. The van der Waals surface area contributed by atoms with E-state index in [9.17, 15) is 13.2 Å². The van der Waals surface area contributed by atoms with E-state index in [4.69, 9.17) is 5.11 Å². The highest BCUT2D eigenvalue weighted by Gasteiger charge is 2.24. The van der Waals surface area contributed by atoms with Crippen molar-refractivity contribution in [1.29, 1.82) is 0 Å². The lowest BCUT2D eigenvalue weighted by Crippen LogP contribution is -2.16. The summed E-state index contributed by atoms with van der Waals surface area (Å²) in [6, 6.07) is 0. The second-order valence-corrected chi connectivity index (χ2v) is 2.31. The molecule has 0 saturated carbocycles. The van der Waals surface area contributed by atoms with Gasteiger partial charge in [0.1, 0.15) is 5.60 Å². The van der Waals surface area contributed by atoms with Crippen LogP contribution in [0.3, 0.4) is 0 Å². The Balaban J connectivity index is 4.19. The van der Waals surface area contributed by atoms with E-state index in [0.29, 0.717) is 0 Å². The second-order valence-electron chi connectivity index (χ2n) is 2.31. The largest absolute Gasteiger partial charge is 0.457 e. The maximum Gasteiger partial charge on any atom is 0.457 e. The number of rotatable bonds is 0. The molecule has 0 aromatic heterocycles. The topological polar surface area (TPSA) is 20.2 Å². The zero-order valence-electron chi connectivity index (χ0n) is 5.58. The van der Waals surface area contributed by atoms with Crippen molar-refractivity contribution in [2.45, 2.75) is 25.6 Å². The van der Waals surface area contributed by atoms with Gasteiger partial charge < -0.3 is 5.11 Å². The molecule has 1 nitrogen and oxygen atoms in total. The maximum absolute atomic E-state index is 11.3. The molecule has 0 amide bonds. The van der Waals surface area contributed by atoms with Gasteiger partial charge in [0.25, 0.3) is 0 Å². The summed E-state index contributed by atoms with van der Waals surface area (Å²) in [4.78, 5) is 0. The van der Waals surface area contributed by atoms with Crippen LogP contribution in [0.5, 0.6) is 0 Å². The quantitative estimate of drug-likeness (QED) is 0.519. The zero-order valence-corrected chi connectivity index (χ0v) is 5.58. The molecule has 0 unspecified atom stereocenters. The fourth-order valence-electron chi connectivity index (χ4n) is 0.224. The van der Waals surface area contributed by atoms with Crippen LogP contribution in [0.2, 0.25) is 0 Å². The summed E-state index contributed by atoms with van der Waals surface area (Å²) in [6.07, 6.45) is -4.51. The fourth-order valence-corrected chi connectivity index (χ4v) is 0.224. The Bertz CT molecular complexity index is 146. The molecule has 0 aliphatic carbocycles. The molecule has 0 bridgehead atoms. The Morgan fingerprint density at radius 1 is 1.10 bits per heavy atom. The first-order chi connectivity index (χ1) is 4.21. The predicted molar refractivity (Wildman–Crippen MR) is 30.1 cm³/mol. The van der Waals surface area contributed by atoms with E-state index >= 15 is 0 Å². The smallest absolute Gasteiger partial charge is 0.378 e. The zero-order chi connectivity index (χ0) is 8.41. The summed E-state index contributed by atoms with van der Waals surface area (Å²) in [5.41, 5.74) is -1.57. The molecule has 0 aliphatic heterocycles. The third-order valence-corrected chi connectivity index (χ3v) is 0.510. The lowest BCUT2D eigenvalue weighted by atomic mass is 10.1. The van der Waals surface area contributed by atoms with Crippen molar-refractivity contribution in [3.8, 4) is 11.8 Å². The van der Waals surface area contributed by atoms with Crippen molar-refractivity contribution in [1.82, 2.24) is 0 Å². The van der Waals surface area contributed by atoms with Gasteiger partial charge in [-0.1, -0.05) is 5.92 Å². The Morgan fingerprint density at radius 3 is 1.60 bits per heavy atom. The van der Waals surface area contributed by atoms with Gasteiger partial charge in [-0.3, -0.25) is 0 Å². The van der Waals surface area contributed by atoms with E-state index in [1.807, 2.05) is 0 Å². The molecule has 0 atom stereocenters. The van der Waals surface area contributed by atoms with Crippen LogP contribution < -0.4 is 0 Å². The van der Waals surface area contributed by atoms with Crippen LogP contribution in [0.25, 0.3) is 0 Å². The molecule has 4 heteroatoms. The minimum absolute atomic E-state index is 0.962. The third-order valence-electron chi connectivity index (χ3n) is 0.510. The first kappa shape index (κ1) is 9.31. The summed E-state index contributed by atoms with van der Waals surface area (Å²) in [7, 11) is 0. The molecule has 0 spiro atoms. The molecular formula is C6H7F3O. The van der Waals surface area contributed by atoms with Crippen LogP contribution in [0.4, 0.5) is 13.2 Å². The fraction of sp³-hybridized carbons (Fsp3) is 0.667. The van der Waals surface area contributed by atoms with Crippen molar-refractivity contribution < 1.29 is 18.3 Å². The summed E-state index contributed by atoms with van der Waals surface area (Å²) in [5, 5.41) is 8.71. The third kappa shape index (κ3) is 7.31. The molecule has 0 radical (unpaired) electrons. The van der Waals surface area contributed by atoms with Crippen molar-refractivity contribution in [3.63, 3.8) is 0 Å². The van der Waals surface area contributed by atoms with Crippen LogP contribution >= 0.6 is 0 Å². The summed E-state index contributed by atoms with van der Waals surface area (Å²) in [6.45, 7) is 2.37. The Labute approximate surface area is 56.9 Å². The summed E-state index contributed by atoms with van der Waals surface area (Å²) < 4.78 is 33.9. The molecular weight excluding hydrogens is 145 g/mol. The molecule has 0 rings (SSSR count). The van der Waals surface area contributed by atoms with E-state index in [1.165, 1.54) is 13.8 Å². The summed E-state index contributed by atoms with van der Waals surface area (Å²) >= 11 is 0. The maximum atomic E-state index is 11.3. The van der Waals surface area contributed by atoms with Gasteiger partial charge in [-0.05, 0) is 13.8 Å². The van der Waals surface area contributed by atoms with Crippen LogP contribution in [-0.4, -0.2) is 16.9 Å². The molecule has 10 heavy (non-hydrogen) atoms. The van der Waals surface area contributed by atoms with Crippen molar-refractivity contribution in [2.24, 2.45) is 0 Å². The van der Waals surface area contributed by atoms with Crippen molar-refractivity contribution in [2.75, 3.05) is 0 Å². The standard InChI is InChI=1S/C6H7F3O/c1-5(2,10)3-4-6(7,8)9/h10H,1-2H3. The van der Waals surface area contributed by atoms with Gasteiger partial charge in [0.05, 0.1) is 0 Å². The molecule has 0 fully saturated rings. The van der Waals surface area contributed by atoms with Gasteiger partial charge in [0.15, 0.2) is 0 Å². The van der Waals surface area contributed by atoms with Crippen LogP contribution in [0.1, 0.15) is 13.8 Å². The average molecular weight is 152 g/mol. The Kier molecular flexibility index (Phi) is 2.33. The van der Waals surface area contributed by atoms with Gasteiger partial charge in [0.2, 0.25) is 0 Å². The monoisotopic (exact) mass is 152 g/mol. The van der Waals surface area contributed by atoms with Gasteiger partial charge >= 0.3 is 6.18 Å². The summed E-state index contributed by atoms with van der Waals surface area (Å²) in [5.74, 6) is 2.60. The second kappa shape index (κ2) is 2.51. The normalized spacial score (nSPS) is 12.2. The van der Waals surface area contributed by atoms with Crippen LogP contribution in [-0.2, 0) is 0 Å². The van der Waals surface area contributed by atoms with Gasteiger partial charge in [-0.25, -0.2) is 0 Å². The minimum atomic E-state index is -4.51. The van der Waals surface area contributed by atoms with E-state index in [2.05, 4.69) is 0 Å². The van der Waals surface area contributed by atoms with E-state index in [-0.39, 0.29) is 0 Å². The van der Waals surface area contributed by atoms with Crippen LogP contribution in [0.15, 0.2) is 0 Å². The lowest BCUT2D eigenvalue weighted by Gasteiger charge is -2.06. The molecule has 0 aromatic rings. The first-order valence-corrected chi connectivity index (χ1v) is 2.54. The molecule has 0 heterocycles. The number of aliphatic hydroxyl groups is 1. The van der Waals surface area contributed by atoms with Crippen molar-refractivity contribution >= 4 is 0 Å². The number of halogens is 3. The molecule has 1 N–H and O–H groups in total. The van der Waals surface area contributed by atoms with Gasteiger partial charge in [-0.15, -0.1) is 0 Å². The predicted octanol–water partition coefficient (Wildman–Crippen LogP) is 1.32. The molecule has 0 aliphatic rings. The van der Waals surface area contributed by atoms with E-state index in [0.717, 1.165) is 5.92 Å². The highest BCUT2D eigenvalue weighted by Crippen LogP contribution is 2.12. The number of hydrogen-bond acceptors (Lipinski definition) is 1. The van der Waals surface area contributed by atoms with Gasteiger partial charge in [0, 0.05) is 5.92 Å². The highest BCUT2D eigenvalue weighted by atomic mass is 19.4. The van der Waals surface area contributed by atoms with Gasteiger partial charge in [-0.2, -0.15) is 13.2 Å². The molecule has 58 valence electrons. The lowest BCUT2D eigenvalue weighted by molar-refractivity contribution is -0.0702. The van der Waals surface area contributed by atoms with E-state index in [1.54, 1.807) is 5.92 Å². The number of hydrogen-bond donors (Lipinski definition) is 1. The Morgan fingerprint density at radius 2 is 1.50 bits per heavy atom. The molecule has 0 aromatic carbocycles. The highest BCUT2D eigenvalue weighted by molar-refractivity contribution is 5.13. The average Bonchev–Trinajstić information content (AvgIpc) is 1.57. The Hall–Kier alpha value is -0.690. The first-order valence-electron chi connectivity index (χ1n) is 2.54. The van der Waals surface area contributed by atoms with E-state index < -0.39 is 11.8 Å².